The third kappa shape index (κ3) is 3.61. The van der Waals surface area contributed by atoms with Crippen molar-refractivity contribution in [1.82, 2.24) is 14.8 Å². The number of para-hydroxylation sites is 1. The highest BCUT2D eigenvalue weighted by molar-refractivity contribution is 6.00. The van der Waals surface area contributed by atoms with E-state index in [2.05, 4.69) is 15.0 Å². The summed E-state index contributed by atoms with van der Waals surface area (Å²) in [5.74, 6) is -1.08. The molecule has 1 saturated heterocycles. The van der Waals surface area contributed by atoms with Gasteiger partial charge in [-0.25, -0.2) is 14.5 Å². The van der Waals surface area contributed by atoms with E-state index < -0.39 is 5.97 Å². The highest BCUT2D eigenvalue weighted by atomic mass is 16.4. The van der Waals surface area contributed by atoms with E-state index >= 15 is 0 Å². The molecule has 1 unspecified atom stereocenters. The van der Waals surface area contributed by atoms with Crippen molar-refractivity contribution in [1.29, 1.82) is 0 Å². The summed E-state index contributed by atoms with van der Waals surface area (Å²) in [6.45, 7) is 3.46. The molecule has 0 radical (unpaired) electrons. The van der Waals surface area contributed by atoms with Crippen molar-refractivity contribution >= 4 is 22.7 Å². The Balaban J connectivity index is 1.63. The van der Waals surface area contributed by atoms with Crippen molar-refractivity contribution in [3.8, 4) is 16.8 Å². The Labute approximate surface area is 185 Å². The van der Waals surface area contributed by atoms with Crippen LogP contribution in [-0.4, -0.2) is 50.1 Å². The molecule has 1 aliphatic heterocycles. The van der Waals surface area contributed by atoms with E-state index in [4.69, 9.17) is 0 Å². The zero-order valence-corrected chi connectivity index (χ0v) is 17.8. The summed E-state index contributed by atoms with van der Waals surface area (Å²) in [6, 6.07) is 19.2. The van der Waals surface area contributed by atoms with Crippen LogP contribution < -0.4 is 4.90 Å². The molecule has 0 bridgehead atoms. The van der Waals surface area contributed by atoms with Crippen molar-refractivity contribution in [3.63, 3.8) is 0 Å². The van der Waals surface area contributed by atoms with E-state index in [0.29, 0.717) is 12.2 Å². The van der Waals surface area contributed by atoms with Crippen LogP contribution in [-0.2, 0) is 0 Å². The van der Waals surface area contributed by atoms with Gasteiger partial charge in [-0.15, -0.1) is 0 Å². The van der Waals surface area contributed by atoms with E-state index in [0.717, 1.165) is 53.0 Å². The summed E-state index contributed by atoms with van der Waals surface area (Å²) in [5.41, 5.74) is 4.85. The quantitative estimate of drug-likeness (QED) is 0.509. The molecule has 32 heavy (non-hydrogen) atoms. The number of aromatic carboxylic acids is 1. The lowest BCUT2D eigenvalue weighted by Gasteiger charge is -2.32. The Morgan fingerprint density at radius 1 is 1.06 bits per heavy atom. The maximum Gasteiger partial charge on any atom is 0.354 e. The number of hydrogen-bond acceptors (Lipinski definition) is 5. The molecule has 0 saturated carbocycles. The first-order valence-corrected chi connectivity index (χ1v) is 10.7. The van der Waals surface area contributed by atoms with E-state index in [9.17, 15) is 15.0 Å². The first-order valence-electron chi connectivity index (χ1n) is 10.7. The SMILES string of the molecule is Cc1nn(-c2ccccc2)c2nc(C(=O)O)cc(-c3ccc(N4CCCC(O)C4)cc3)c12. The van der Waals surface area contributed by atoms with Crippen molar-refractivity contribution < 1.29 is 15.0 Å². The molecule has 4 aromatic rings. The summed E-state index contributed by atoms with van der Waals surface area (Å²) in [5, 5.41) is 25.2. The molecular weight excluding hydrogens is 404 g/mol. The molecule has 5 rings (SSSR count). The van der Waals surface area contributed by atoms with E-state index in [1.165, 1.54) is 0 Å². The Kier molecular flexibility index (Phi) is 5.11. The maximum absolute atomic E-state index is 11.9. The molecular formula is C25H24N4O3. The monoisotopic (exact) mass is 428 g/mol. The number of pyridine rings is 1. The summed E-state index contributed by atoms with van der Waals surface area (Å²) in [4.78, 5) is 18.5. The maximum atomic E-state index is 11.9. The average molecular weight is 428 g/mol. The van der Waals surface area contributed by atoms with Crippen LogP contribution in [0.15, 0.2) is 60.7 Å². The number of aliphatic hydroxyl groups excluding tert-OH is 1. The molecule has 3 heterocycles. The second kappa shape index (κ2) is 8.09. The largest absolute Gasteiger partial charge is 0.477 e. The number of carbonyl (C=O) groups is 1. The van der Waals surface area contributed by atoms with Crippen molar-refractivity contribution in [3.05, 3.63) is 72.1 Å². The molecule has 7 nitrogen and oxygen atoms in total. The number of aromatic nitrogens is 3. The minimum absolute atomic E-state index is 0.0205. The average Bonchev–Trinajstić information content (AvgIpc) is 3.16. The van der Waals surface area contributed by atoms with Gasteiger partial charge in [-0.2, -0.15) is 5.10 Å². The number of nitrogens with zero attached hydrogens (tertiary/aromatic N) is 4. The molecule has 2 aromatic heterocycles. The topological polar surface area (TPSA) is 91.5 Å². The number of aryl methyl sites for hydroxylation is 1. The standard InChI is InChI=1S/C25H24N4O3/c1-16-23-21(17-9-11-18(12-10-17)28-13-5-8-20(30)15-28)14-22(25(31)32)26-24(23)29(27-16)19-6-3-2-4-7-19/h2-4,6-7,9-12,14,20,30H,5,8,13,15H2,1H3,(H,31,32). The van der Waals surface area contributed by atoms with E-state index in [1.54, 1.807) is 10.7 Å². The number of carboxylic acid groups (broad SMARTS) is 1. The number of hydrogen-bond donors (Lipinski definition) is 2. The third-order valence-electron chi connectivity index (χ3n) is 5.97. The summed E-state index contributed by atoms with van der Waals surface area (Å²) >= 11 is 0. The minimum Gasteiger partial charge on any atom is -0.477 e. The normalized spacial score (nSPS) is 16.4. The Morgan fingerprint density at radius 3 is 2.50 bits per heavy atom. The van der Waals surface area contributed by atoms with Gasteiger partial charge >= 0.3 is 5.97 Å². The lowest BCUT2D eigenvalue weighted by molar-refractivity contribution is 0.0691. The lowest BCUT2D eigenvalue weighted by Crippen LogP contribution is -2.38. The van der Waals surface area contributed by atoms with Crippen LogP contribution in [0, 0.1) is 6.92 Å². The van der Waals surface area contributed by atoms with Crippen molar-refractivity contribution in [2.75, 3.05) is 18.0 Å². The molecule has 2 N–H and O–H groups in total. The van der Waals surface area contributed by atoms with Gasteiger partial charge in [0.15, 0.2) is 11.3 Å². The van der Waals surface area contributed by atoms with Crippen LogP contribution in [0.25, 0.3) is 27.8 Å². The molecule has 2 aromatic carbocycles. The molecule has 1 aliphatic rings. The molecule has 1 atom stereocenters. The fourth-order valence-corrected chi connectivity index (χ4v) is 4.42. The van der Waals surface area contributed by atoms with Crippen LogP contribution in [0.2, 0.25) is 0 Å². The second-order valence-electron chi connectivity index (χ2n) is 8.18. The molecule has 1 fully saturated rings. The molecule has 0 amide bonds. The summed E-state index contributed by atoms with van der Waals surface area (Å²) in [6.07, 6.45) is 1.51. The van der Waals surface area contributed by atoms with Gasteiger partial charge in [0.25, 0.3) is 0 Å². The fraction of sp³-hybridized carbons (Fsp3) is 0.240. The van der Waals surface area contributed by atoms with Gasteiger partial charge < -0.3 is 15.1 Å². The number of β-amino-alcohol motifs (C(OH)–C–C–N with tert-alkyl or cyclic N) is 1. The second-order valence-corrected chi connectivity index (χ2v) is 8.18. The van der Waals surface area contributed by atoms with Crippen LogP contribution >= 0.6 is 0 Å². The van der Waals surface area contributed by atoms with Gasteiger partial charge in [0, 0.05) is 18.8 Å². The van der Waals surface area contributed by atoms with Gasteiger partial charge in [-0.05, 0) is 61.2 Å². The highest BCUT2D eigenvalue weighted by Gasteiger charge is 2.21. The molecule has 0 spiro atoms. The minimum atomic E-state index is -1.08. The number of anilines is 1. The van der Waals surface area contributed by atoms with Crippen molar-refractivity contribution in [2.45, 2.75) is 25.9 Å². The van der Waals surface area contributed by atoms with Crippen LogP contribution in [0.4, 0.5) is 5.69 Å². The molecule has 0 aliphatic carbocycles. The number of benzene rings is 2. The van der Waals surface area contributed by atoms with Crippen LogP contribution in [0.5, 0.6) is 0 Å². The summed E-state index contributed by atoms with van der Waals surface area (Å²) in [7, 11) is 0. The number of rotatable bonds is 4. The number of carboxylic acids is 1. The Hall–Kier alpha value is -3.71. The van der Waals surface area contributed by atoms with Gasteiger partial charge in [0.05, 0.1) is 22.9 Å². The first kappa shape index (κ1) is 20.2. The number of aliphatic hydroxyl groups is 1. The molecule has 7 heteroatoms. The zero-order chi connectivity index (χ0) is 22.2. The number of piperidine rings is 1. The Morgan fingerprint density at radius 2 is 1.81 bits per heavy atom. The third-order valence-corrected chi connectivity index (χ3v) is 5.97. The highest BCUT2D eigenvalue weighted by Crippen LogP contribution is 2.33. The van der Waals surface area contributed by atoms with Crippen molar-refractivity contribution in [2.24, 2.45) is 0 Å². The zero-order valence-electron chi connectivity index (χ0n) is 17.8. The van der Waals surface area contributed by atoms with Crippen LogP contribution in [0.3, 0.4) is 0 Å². The number of fused-ring (bicyclic) bond motifs is 1. The van der Waals surface area contributed by atoms with Gasteiger partial charge in [-0.3, -0.25) is 0 Å². The van der Waals surface area contributed by atoms with Gasteiger partial charge in [0.2, 0.25) is 0 Å². The van der Waals surface area contributed by atoms with E-state index in [-0.39, 0.29) is 11.8 Å². The van der Waals surface area contributed by atoms with Gasteiger partial charge in [-0.1, -0.05) is 30.3 Å². The van der Waals surface area contributed by atoms with Crippen LogP contribution in [0.1, 0.15) is 29.0 Å². The van der Waals surface area contributed by atoms with E-state index in [1.807, 2.05) is 61.5 Å². The first-order chi connectivity index (χ1) is 15.5. The van der Waals surface area contributed by atoms with Gasteiger partial charge in [0.1, 0.15) is 0 Å². The fourth-order valence-electron chi connectivity index (χ4n) is 4.42. The Bertz CT molecular complexity index is 1280. The smallest absolute Gasteiger partial charge is 0.354 e. The summed E-state index contributed by atoms with van der Waals surface area (Å²) < 4.78 is 1.70. The predicted octanol–water partition coefficient (Wildman–Crippen LogP) is 4.06. The lowest BCUT2D eigenvalue weighted by atomic mass is 10.00. The predicted molar refractivity (Wildman–Crippen MR) is 123 cm³/mol. The molecule has 162 valence electrons.